The summed E-state index contributed by atoms with van der Waals surface area (Å²) < 4.78 is 14.0. The van der Waals surface area contributed by atoms with Crippen LogP contribution in [-0.4, -0.2) is 78.4 Å². The predicted octanol–water partition coefficient (Wildman–Crippen LogP) is 3.74. The first kappa shape index (κ1) is 26.3. The molecule has 196 valence electrons. The molecule has 1 unspecified atom stereocenters. The topological polar surface area (TPSA) is 73.0 Å². The Morgan fingerprint density at radius 2 is 1.97 bits per heavy atom. The molecule has 4 amide bonds. The molecule has 7 nitrogen and oxygen atoms in total. The van der Waals surface area contributed by atoms with E-state index in [0.717, 1.165) is 25.8 Å². The van der Waals surface area contributed by atoms with Crippen molar-refractivity contribution in [2.75, 3.05) is 40.3 Å². The minimum atomic E-state index is -1.12. The summed E-state index contributed by atoms with van der Waals surface area (Å²) in [4.78, 5) is 45.0. The summed E-state index contributed by atoms with van der Waals surface area (Å²) in [6.45, 7) is 2.24. The normalized spacial score (nSPS) is 23.3. The van der Waals surface area contributed by atoms with Gasteiger partial charge in [-0.2, -0.15) is 0 Å². The third-order valence-corrected chi connectivity index (χ3v) is 7.87. The molecule has 0 bridgehead atoms. The van der Waals surface area contributed by atoms with Gasteiger partial charge in [0, 0.05) is 32.5 Å². The number of halogens is 1. The molecular formula is C28H39FN4O3. The Labute approximate surface area is 213 Å². The van der Waals surface area contributed by atoms with Crippen LogP contribution in [0.2, 0.25) is 0 Å². The Bertz CT molecular complexity index is 1000. The number of carbonyl (C=O) groups excluding carboxylic acids is 3. The molecule has 3 aliphatic rings. The highest BCUT2D eigenvalue weighted by Crippen LogP contribution is 2.37. The molecular weight excluding hydrogens is 459 g/mol. The van der Waals surface area contributed by atoms with Gasteiger partial charge in [0.15, 0.2) is 0 Å². The molecule has 0 spiro atoms. The fourth-order valence-corrected chi connectivity index (χ4v) is 5.90. The fourth-order valence-electron chi connectivity index (χ4n) is 5.90. The number of likely N-dealkylation sites (tertiary alicyclic amines) is 1. The lowest BCUT2D eigenvalue weighted by atomic mass is 9.73. The summed E-state index contributed by atoms with van der Waals surface area (Å²) in [6, 6.07) is 5.88. The van der Waals surface area contributed by atoms with Crippen LogP contribution in [0, 0.1) is 11.7 Å². The van der Waals surface area contributed by atoms with Crippen molar-refractivity contribution in [3.8, 4) is 0 Å². The zero-order chi connectivity index (χ0) is 25.7. The van der Waals surface area contributed by atoms with E-state index in [1.165, 1.54) is 29.0 Å². The highest BCUT2D eigenvalue weighted by molar-refractivity contribution is 6.07. The summed E-state index contributed by atoms with van der Waals surface area (Å²) in [5, 5.41) is 3.04. The van der Waals surface area contributed by atoms with Crippen molar-refractivity contribution in [1.82, 2.24) is 20.0 Å². The number of urea groups is 1. The van der Waals surface area contributed by atoms with E-state index in [1.807, 2.05) is 23.9 Å². The number of imide groups is 1. The van der Waals surface area contributed by atoms with Gasteiger partial charge in [-0.25, -0.2) is 9.18 Å². The number of nitrogens with zero attached hydrogens (tertiary/aromatic N) is 3. The minimum Gasteiger partial charge on any atom is -0.342 e. The number of hydrogen-bond acceptors (Lipinski definition) is 4. The first-order chi connectivity index (χ1) is 17.3. The van der Waals surface area contributed by atoms with Gasteiger partial charge in [0.25, 0.3) is 5.91 Å². The van der Waals surface area contributed by atoms with E-state index < -0.39 is 5.54 Å². The maximum atomic E-state index is 14.0. The lowest BCUT2D eigenvalue weighted by molar-refractivity contribution is -0.135. The van der Waals surface area contributed by atoms with E-state index in [9.17, 15) is 18.8 Å². The van der Waals surface area contributed by atoms with Gasteiger partial charge in [-0.05, 0) is 89.2 Å². The van der Waals surface area contributed by atoms with Crippen molar-refractivity contribution < 1.29 is 18.8 Å². The summed E-state index contributed by atoms with van der Waals surface area (Å²) in [6.07, 6.45) is 9.27. The molecule has 0 aromatic heterocycles. The number of piperidine rings is 1. The Balaban J connectivity index is 1.49. The number of allylic oxidation sites excluding steroid dienone is 1. The van der Waals surface area contributed by atoms with Gasteiger partial charge in [-0.1, -0.05) is 23.8 Å². The van der Waals surface area contributed by atoms with Crippen LogP contribution < -0.4 is 5.32 Å². The summed E-state index contributed by atoms with van der Waals surface area (Å²) in [5.41, 5.74) is 0.799. The molecule has 4 rings (SSSR count). The smallest absolute Gasteiger partial charge is 0.325 e. The molecule has 2 heterocycles. The molecule has 0 radical (unpaired) electrons. The zero-order valence-electron chi connectivity index (χ0n) is 21.6. The lowest BCUT2D eigenvalue weighted by Gasteiger charge is -2.41. The Morgan fingerprint density at radius 3 is 2.64 bits per heavy atom. The number of carbonyl (C=O) groups is 3. The number of hydrogen-bond donors (Lipinski definition) is 1. The van der Waals surface area contributed by atoms with Gasteiger partial charge in [0.1, 0.15) is 11.4 Å². The van der Waals surface area contributed by atoms with Gasteiger partial charge >= 0.3 is 6.03 Å². The van der Waals surface area contributed by atoms with E-state index in [-0.39, 0.29) is 36.0 Å². The average molecular weight is 499 g/mol. The maximum absolute atomic E-state index is 14.0. The molecule has 1 aromatic carbocycles. The van der Waals surface area contributed by atoms with Crippen molar-refractivity contribution in [3.05, 3.63) is 47.3 Å². The van der Waals surface area contributed by atoms with Gasteiger partial charge in [0.2, 0.25) is 5.91 Å². The standard InChI is InChI=1S/C28H39FN4O3/c1-31(2)14-7-15-33-26(35)28(30-27(33)36,20-22-10-6-11-24(29)18-22)23-12-16-32(17-13-23)25(34)19-21-8-4-3-5-9-21/h6,8,10-11,18,23H,3-5,7,9,12-17,19-20H2,1-2H3,(H,30,36). The van der Waals surface area contributed by atoms with Crippen LogP contribution >= 0.6 is 0 Å². The number of amides is 4. The molecule has 8 heteroatoms. The SMILES string of the molecule is CN(C)CCCN1C(=O)NC(Cc2cccc(F)c2)(C2CCN(C(=O)CC3=CCCCC3)CC2)C1=O. The second-order valence-electron chi connectivity index (χ2n) is 10.8. The van der Waals surface area contributed by atoms with Crippen LogP contribution in [0.4, 0.5) is 9.18 Å². The molecule has 2 aliphatic heterocycles. The minimum absolute atomic E-state index is 0.131. The first-order valence-electron chi connectivity index (χ1n) is 13.3. The van der Waals surface area contributed by atoms with Crippen LogP contribution in [-0.2, 0) is 16.0 Å². The molecule has 2 saturated heterocycles. The van der Waals surface area contributed by atoms with Crippen LogP contribution in [0.5, 0.6) is 0 Å². The molecule has 1 N–H and O–H groups in total. The zero-order valence-corrected chi connectivity index (χ0v) is 21.6. The quantitative estimate of drug-likeness (QED) is 0.416. The van der Waals surface area contributed by atoms with Crippen LogP contribution in [0.1, 0.15) is 56.9 Å². The third kappa shape index (κ3) is 5.97. The van der Waals surface area contributed by atoms with E-state index in [4.69, 9.17) is 0 Å². The Kier molecular flexibility index (Phi) is 8.44. The number of rotatable bonds is 9. The number of nitrogens with one attached hydrogen (secondary N) is 1. The van der Waals surface area contributed by atoms with Crippen molar-refractivity contribution in [2.45, 2.75) is 63.3 Å². The molecule has 36 heavy (non-hydrogen) atoms. The average Bonchev–Trinajstić information content (AvgIpc) is 3.09. The van der Waals surface area contributed by atoms with Gasteiger partial charge < -0.3 is 15.1 Å². The summed E-state index contributed by atoms with van der Waals surface area (Å²) in [7, 11) is 3.92. The highest BCUT2D eigenvalue weighted by Gasteiger charge is 2.55. The van der Waals surface area contributed by atoms with E-state index in [1.54, 1.807) is 12.1 Å². The lowest BCUT2D eigenvalue weighted by Crippen LogP contribution is -2.58. The van der Waals surface area contributed by atoms with E-state index in [2.05, 4.69) is 11.4 Å². The summed E-state index contributed by atoms with van der Waals surface area (Å²) >= 11 is 0. The Morgan fingerprint density at radius 1 is 1.19 bits per heavy atom. The first-order valence-corrected chi connectivity index (χ1v) is 13.3. The molecule has 0 saturated carbocycles. The van der Waals surface area contributed by atoms with Gasteiger partial charge in [-0.3, -0.25) is 14.5 Å². The summed E-state index contributed by atoms with van der Waals surface area (Å²) in [5.74, 6) is -0.575. The van der Waals surface area contributed by atoms with Crippen molar-refractivity contribution in [3.63, 3.8) is 0 Å². The molecule has 1 aliphatic carbocycles. The fraction of sp³-hybridized carbons (Fsp3) is 0.607. The monoisotopic (exact) mass is 498 g/mol. The van der Waals surface area contributed by atoms with Gasteiger partial charge in [0.05, 0.1) is 0 Å². The second kappa shape index (κ2) is 11.5. The Hall–Kier alpha value is -2.74. The predicted molar refractivity (Wildman–Crippen MR) is 137 cm³/mol. The second-order valence-corrected chi connectivity index (χ2v) is 10.8. The molecule has 1 aromatic rings. The van der Waals surface area contributed by atoms with Crippen molar-refractivity contribution in [1.29, 1.82) is 0 Å². The van der Waals surface area contributed by atoms with Crippen LogP contribution in [0.25, 0.3) is 0 Å². The third-order valence-electron chi connectivity index (χ3n) is 7.87. The van der Waals surface area contributed by atoms with Crippen LogP contribution in [0.3, 0.4) is 0 Å². The molecule has 1 atom stereocenters. The van der Waals surface area contributed by atoms with Gasteiger partial charge in [-0.15, -0.1) is 0 Å². The molecule has 2 fully saturated rings. The van der Waals surface area contributed by atoms with E-state index in [0.29, 0.717) is 50.9 Å². The van der Waals surface area contributed by atoms with Crippen molar-refractivity contribution in [2.24, 2.45) is 5.92 Å². The largest absolute Gasteiger partial charge is 0.342 e. The maximum Gasteiger partial charge on any atom is 0.325 e. The van der Waals surface area contributed by atoms with E-state index >= 15 is 0 Å². The van der Waals surface area contributed by atoms with Crippen molar-refractivity contribution >= 4 is 17.8 Å². The van der Waals surface area contributed by atoms with Crippen LogP contribution in [0.15, 0.2) is 35.9 Å². The highest BCUT2D eigenvalue weighted by atomic mass is 19.1. The number of benzene rings is 1.